The van der Waals surface area contributed by atoms with Crippen LogP contribution in [-0.2, 0) is 5.41 Å². The molecule has 0 atom stereocenters. The van der Waals surface area contributed by atoms with Crippen LogP contribution in [0.4, 0.5) is 0 Å². The number of benzene rings is 2. The van der Waals surface area contributed by atoms with E-state index in [0.717, 1.165) is 5.52 Å². The first kappa shape index (κ1) is 12.9. The predicted molar refractivity (Wildman–Crippen MR) is 95.9 cm³/mol. The average molecular weight is 298 g/mol. The van der Waals surface area contributed by atoms with E-state index in [1.54, 1.807) is 0 Å². The minimum absolute atomic E-state index is 0.0414. The van der Waals surface area contributed by atoms with E-state index in [1.807, 2.05) is 12.4 Å². The molecule has 0 aliphatic heterocycles. The molecule has 0 unspecified atom stereocenters. The lowest BCUT2D eigenvalue weighted by Gasteiger charge is -2.23. The third kappa shape index (κ3) is 1.46. The molecule has 0 bridgehead atoms. The van der Waals surface area contributed by atoms with Crippen molar-refractivity contribution in [3.8, 4) is 11.1 Å². The quantitative estimate of drug-likeness (QED) is 0.467. The normalized spacial score (nSPS) is 15.1. The fourth-order valence-corrected chi connectivity index (χ4v) is 4.46. The zero-order valence-corrected chi connectivity index (χ0v) is 13.6. The lowest BCUT2D eigenvalue weighted by Crippen LogP contribution is -2.16. The summed E-state index contributed by atoms with van der Waals surface area (Å²) in [6, 6.07) is 13.2. The summed E-state index contributed by atoms with van der Waals surface area (Å²) in [5, 5.41) is 2.48. The van der Waals surface area contributed by atoms with Crippen LogP contribution in [0, 0.1) is 6.92 Å². The minimum atomic E-state index is 0.0414. The lowest BCUT2D eigenvalue weighted by molar-refractivity contribution is 0.656. The number of pyridine rings is 1. The molecule has 0 amide bonds. The van der Waals surface area contributed by atoms with Gasteiger partial charge in [0.25, 0.3) is 0 Å². The van der Waals surface area contributed by atoms with E-state index in [9.17, 15) is 0 Å². The Hall–Kier alpha value is -2.61. The van der Waals surface area contributed by atoms with E-state index >= 15 is 0 Å². The number of hydrogen-bond acceptors (Lipinski definition) is 1. The molecule has 0 radical (unpaired) electrons. The molecule has 2 aromatic heterocycles. The molecule has 23 heavy (non-hydrogen) atoms. The van der Waals surface area contributed by atoms with Crippen LogP contribution in [0.2, 0.25) is 0 Å². The summed E-state index contributed by atoms with van der Waals surface area (Å²) in [5.41, 5.74) is 9.42. The fourth-order valence-electron chi connectivity index (χ4n) is 4.46. The van der Waals surface area contributed by atoms with Crippen LogP contribution in [0.5, 0.6) is 0 Å². The molecular weight excluding hydrogens is 280 g/mol. The zero-order valence-electron chi connectivity index (χ0n) is 13.6. The van der Waals surface area contributed by atoms with Crippen molar-refractivity contribution in [1.82, 2.24) is 9.97 Å². The summed E-state index contributed by atoms with van der Waals surface area (Å²) >= 11 is 0. The molecule has 2 aromatic carbocycles. The molecule has 2 heteroatoms. The number of hydrogen-bond donors (Lipinski definition) is 1. The van der Waals surface area contributed by atoms with Crippen LogP contribution in [0.15, 0.2) is 48.8 Å². The van der Waals surface area contributed by atoms with E-state index in [2.05, 4.69) is 67.1 Å². The van der Waals surface area contributed by atoms with Gasteiger partial charge in [-0.15, -0.1) is 0 Å². The van der Waals surface area contributed by atoms with Gasteiger partial charge in [-0.25, -0.2) is 0 Å². The first-order chi connectivity index (χ1) is 11.1. The van der Waals surface area contributed by atoms with Crippen molar-refractivity contribution < 1.29 is 0 Å². The molecule has 112 valence electrons. The number of nitrogens with one attached hydrogen (secondary N) is 1. The van der Waals surface area contributed by atoms with Gasteiger partial charge in [0.1, 0.15) is 0 Å². The molecule has 0 saturated heterocycles. The highest BCUT2D eigenvalue weighted by atomic mass is 14.7. The molecule has 0 fully saturated rings. The van der Waals surface area contributed by atoms with Crippen LogP contribution in [0.1, 0.15) is 30.5 Å². The average Bonchev–Trinajstić information content (AvgIpc) is 3.03. The second-order valence-corrected chi connectivity index (χ2v) is 7.06. The van der Waals surface area contributed by atoms with Crippen LogP contribution in [0.3, 0.4) is 0 Å². The number of rotatable bonds is 0. The summed E-state index contributed by atoms with van der Waals surface area (Å²) in [7, 11) is 0. The number of aromatic amines is 1. The summed E-state index contributed by atoms with van der Waals surface area (Å²) in [6.07, 6.45) is 3.81. The molecule has 2 nitrogen and oxygen atoms in total. The molecule has 4 aromatic rings. The van der Waals surface area contributed by atoms with Gasteiger partial charge in [0.15, 0.2) is 0 Å². The van der Waals surface area contributed by atoms with Gasteiger partial charge in [-0.2, -0.15) is 0 Å². The Morgan fingerprint density at radius 1 is 1.00 bits per heavy atom. The van der Waals surface area contributed by atoms with Gasteiger partial charge in [-0.05, 0) is 46.9 Å². The third-order valence-electron chi connectivity index (χ3n) is 5.46. The number of aryl methyl sites for hydroxylation is 1. The van der Waals surface area contributed by atoms with E-state index in [0.29, 0.717) is 0 Å². The first-order valence-electron chi connectivity index (χ1n) is 8.08. The Labute approximate surface area is 135 Å². The molecule has 0 saturated carbocycles. The Kier molecular flexibility index (Phi) is 2.25. The maximum Gasteiger partial charge on any atom is 0.0498 e. The summed E-state index contributed by atoms with van der Waals surface area (Å²) in [4.78, 5) is 7.91. The third-order valence-corrected chi connectivity index (χ3v) is 5.46. The minimum Gasteiger partial charge on any atom is -0.354 e. The second kappa shape index (κ2) is 4.02. The van der Waals surface area contributed by atoms with E-state index in [-0.39, 0.29) is 5.41 Å². The smallest absolute Gasteiger partial charge is 0.0498 e. The maximum absolute atomic E-state index is 4.31. The largest absolute Gasteiger partial charge is 0.354 e. The van der Waals surface area contributed by atoms with Crippen molar-refractivity contribution >= 4 is 21.8 Å². The Morgan fingerprint density at radius 2 is 1.83 bits per heavy atom. The van der Waals surface area contributed by atoms with E-state index in [1.165, 1.54) is 44.1 Å². The van der Waals surface area contributed by atoms with E-state index < -0.39 is 0 Å². The molecule has 1 N–H and O–H groups in total. The summed E-state index contributed by atoms with van der Waals surface area (Å²) in [5.74, 6) is 0. The Bertz CT molecular complexity index is 1100. The van der Waals surface area contributed by atoms with Gasteiger partial charge in [-0.3, -0.25) is 4.98 Å². The van der Waals surface area contributed by atoms with Gasteiger partial charge >= 0.3 is 0 Å². The van der Waals surface area contributed by atoms with Crippen molar-refractivity contribution in [2.24, 2.45) is 0 Å². The standard InChI is InChI=1S/C21H18N2/c1-12-19-14(13-6-4-5-7-17(13)21(19,2)3)10-15-16-11-22-9-8-18(16)23-20(12)15/h4-11,23H,1-3H3. The maximum atomic E-state index is 4.31. The summed E-state index contributed by atoms with van der Waals surface area (Å²) < 4.78 is 0. The van der Waals surface area contributed by atoms with Crippen LogP contribution in [0.25, 0.3) is 32.9 Å². The van der Waals surface area contributed by atoms with Gasteiger partial charge in [-0.1, -0.05) is 38.1 Å². The zero-order chi connectivity index (χ0) is 15.8. The molecule has 1 aliphatic carbocycles. The Morgan fingerprint density at radius 3 is 2.70 bits per heavy atom. The highest BCUT2D eigenvalue weighted by Crippen LogP contribution is 2.51. The second-order valence-electron chi connectivity index (χ2n) is 7.06. The number of aromatic nitrogens is 2. The van der Waals surface area contributed by atoms with Gasteiger partial charge < -0.3 is 4.98 Å². The highest BCUT2D eigenvalue weighted by molar-refractivity contribution is 6.10. The van der Waals surface area contributed by atoms with Crippen molar-refractivity contribution in [3.05, 3.63) is 65.5 Å². The first-order valence-corrected chi connectivity index (χ1v) is 8.08. The highest BCUT2D eigenvalue weighted by Gasteiger charge is 2.37. The molecule has 5 rings (SSSR count). The Balaban J connectivity index is 2.01. The van der Waals surface area contributed by atoms with Crippen LogP contribution >= 0.6 is 0 Å². The van der Waals surface area contributed by atoms with Gasteiger partial charge in [0, 0.05) is 39.6 Å². The monoisotopic (exact) mass is 298 g/mol. The van der Waals surface area contributed by atoms with Crippen LogP contribution < -0.4 is 0 Å². The fraction of sp³-hybridized carbons (Fsp3) is 0.190. The topological polar surface area (TPSA) is 28.7 Å². The van der Waals surface area contributed by atoms with Crippen molar-refractivity contribution in [3.63, 3.8) is 0 Å². The lowest BCUT2D eigenvalue weighted by atomic mass is 9.80. The molecule has 1 aliphatic rings. The molecule has 2 heterocycles. The number of nitrogens with zero attached hydrogens (tertiary/aromatic N) is 1. The summed E-state index contributed by atoms with van der Waals surface area (Å²) in [6.45, 7) is 6.92. The van der Waals surface area contributed by atoms with Crippen LogP contribution in [-0.4, -0.2) is 9.97 Å². The number of H-pyrrole nitrogens is 1. The number of fused-ring (bicyclic) bond motifs is 6. The molecular formula is C21H18N2. The SMILES string of the molecule is Cc1c2c(cc3c1[nH]c1ccncc13)-c1ccccc1C2(C)C. The molecule has 0 spiro atoms. The van der Waals surface area contributed by atoms with Crippen molar-refractivity contribution in [2.75, 3.05) is 0 Å². The van der Waals surface area contributed by atoms with Crippen molar-refractivity contribution in [2.45, 2.75) is 26.2 Å². The predicted octanol–water partition coefficient (Wildman–Crippen LogP) is 5.33. The van der Waals surface area contributed by atoms with Gasteiger partial charge in [0.05, 0.1) is 0 Å². The van der Waals surface area contributed by atoms with Gasteiger partial charge in [0.2, 0.25) is 0 Å². The van der Waals surface area contributed by atoms with Crippen molar-refractivity contribution in [1.29, 1.82) is 0 Å². The van der Waals surface area contributed by atoms with E-state index in [4.69, 9.17) is 0 Å².